The summed E-state index contributed by atoms with van der Waals surface area (Å²) in [6.45, 7) is 1.24. The largest absolute Gasteiger partial charge is 0.489 e. The molecule has 0 aliphatic carbocycles. The number of hydrogen-bond donors (Lipinski definition) is 0. The lowest BCUT2D eigenvalue weighted by atomic mass is 10.1. The minimum atomic E-state index is -0.0729. The van der Waals surface area contributed by atoms with Crippen LogP contribution in [0.25, 0.3) is 11.3 Å². The van der Waals surface area contributed by atoms with Gasteiger partial charge in [0.15, 0.2) is 0 Å². The first kappa shape index (κ1) is 22.3. The third-order valence-corrected chi connectivity index (χ3v) is 5.58. The number of hydrogen-bond acceptors (Lipinski definition) is 3. The molecule has 168 valence electrons. The van der Waals surface area contributed by atoms with Crippen LogP contribution in [0.4, 0.5) is 4.79 Å². The lowest BCUT2D eigenvalue weighted by Gasteiger charge is -2.16. The first-order valence-electron chi connectivity index (χ1n) is 11.3. The van der Waals surface area contributed by atoms with Gasteiger partial charge in [-0.2, -0.15) is 0 Å². The maximum atomic E-state index is 12.8. The second kappa shape index (κ2) is 11.1. The van der Waals surface area contributed by atoms with Crippen molar-refractivity contribution in [2.45, 2.75) is 25.9 Å². The zero-order chi connectivity index (χ0) is 22.9. The lowest BCUT2D eigenvalue weighted by molar-refractivity contribution is 0.209. The van der Waals surface area contributed by atoms with Crippen LogP contribution in [0, 0.1) is 0 Å². The van der Waals surface area contributed by atoms with E-state index in [-0.39, 0.29) is 6.03 Å². The van der Waals surface area contributed by atoms with Gasteiger partial charge in [0.05, 0.1) is 5.69 Å². The Labute approximate surface area is 195 Å². The van der Waals surface area contributed by atoms with E-state index >= 15 is 0 Å². The van der Waals surface area contributed by atoms with Crippen LogP contribution in [0.2, 0.25) is 0 Å². The first-order chi connectivity index (χ1) is 16.2. The number of carbonyl (C=O) groups is 1. The van der Waals surface area contributed by atoms with Crippen molar-refractivity contribution in [3.05, 3.63) is 109 Å². The molecule has 0 aliphatic heterocycles. The summed E-state index contributed by atoms with van der Waals surface area (Å²) < 4.78 is 7.39. The van der Waals surface area contributed by atoms with E-state index in [0.29, 0.717) is 13.2 Å². The number of unbranched alkanes of at least 4 members (excludes halogenated alkanes) is 1. The maximum Gasteiger partial charge on any atom is 0.329 e. The summed E-state index contributed by atoms with van der Waals surface area (Å²) in [5.41, 5.74) is 4.17. The molecule has 0 fully saturated rings. The van der Waals surface area contributed by atoms with Gasteiger partial charge in [0.25, 0.3) is 0 Å². The molecule has 33 heavy (non-hydrogen) atoms. The zero-order valence-electron chi connectivity index (χ0n) is 18.9. The van der Waals surface area contributed by atoms with E-state index in [2.05, 4.69) is 29.2 Å². The minimum Gasteiger partial charge on any atom is -0.489 e. The third-order valence-electron chi connectivity index (χ3n) is 5.58. The topological polar surface area (TPSA) is 47.4 Å². The highest BCUT2D eigenvalue weighted by Gasteiger charge is 2.13. The van der Waals surface area contributed by atoms with Crippen LogP contribution >= 0.6 is 0 Å². The average Bonchev–Trinajstić information content (AvgIpc) is 3.37. The summed E-state index contributed by atoms with van der Waals surface area (Å²) in [6.07, 6.45) is 6.41. The van der Waals surface area contributed by atoms with E-state index in [4.69, 9.17) is 4.74 Å². The zero-order valence-corrected chi connectivity index (χ0v) is 18.9. The van der Waals surface area contributed by atoms with Crippen LogP contribution in [0.1, 0.15) is 24.0 Å². The number of aromatic nitrogens is 2. The molecule has 4 rings (SSSR count). The first-order valence-corrected chi connectivity index (χ1v) is 11.3. The number of amides is 1. The number of benzene rings is 3. The molecule has 0 saturated carbocycles. The highest BCUT2D eigenvalue weighted by molar-refractivity contribution is 5.77. The molecule has 1 amide bonds. The monoisotopic (exact) mass is 439 g/mol. The van der Waals surface area contributed by atoms with E-state index in [1.807, 2.05) is 67.7 Å². The number of nitrogens with zero attached hydrogens (tertiary/aromatic N) is 3. The van der Waals surface area contributed by atoms with Gasteiger partial charge < -0.3 is 9.64 Å². The second-order valence-corrected chi connectivity index (χ2v) is 8.11. The van der Waals surface area contributed by atoms with Crippen molar-refractivity contribution in [2.24, 2.45) is 0 Å². The van der Waals surface area contributed by atoms with Gasteiger partial charge >= 0.3 is 6.03 Å². The number of rotatable bonds is 9. The number of imidazole rings is 1. The third kappa shape index (κ3) is 6.32. The summed E-state index contributed by atoms with van der Waals surface area (Å²) in [6, 6.07) is 28.2. The molecule has 4 aromatic rings. The molecular weight excluding hydrogens is 410 g/mol. The molecule has 0 unspecified atom stereocenters. The fourth-order valence-corrected chi connectivity index (χ4v) is 3.65. The molecular formula is C28H29N3O2. The standard InChI is InChI=1S/C28H29N3O2/c1-30(19-9-8-12-23-10-4-2-5-11-23)28(32)31-20-27(29-22-31)25-15-17-26(18-16-25)33-21-24-13-6-3-7-14-24/h2-7,10-11,13-18,20,22H,8-9,12,19,21H2,1H3. The van der Waals surface area contributed by atoms with Crippen LogP contribution in [0.15, 0.2) is 97.5 Å². The molecule has 0 N–H and O–H groups in total. The Morgan fingerprint density at radius 1 is 0.879 bits per heavy atom. The fourth-order valence-electron chi connectivity index (χ4n) is 3.65. The van der Waals surface area contributed by atoms with Crippen LogP contribution in [0.3, 0.4) is 0 Å². The van der Waals surface area contributed by atoms with Gasteiger partial charge in [-0.25, -0.2) is 9.78 Å². The van der Waals surface area contributed by atoms with Crippen LogP contribution in [-0.4, -0.2) is 34.1 Å². The van der Waals surface area contributed by atoms with Gasteiger partial charge in [-0.3, -0.25) is 4.57 Å². The molecule has 0 aliphatic rings. The average molecular weight is 440 g/mol. The SMILES string of the molecule is CN(CCCCc1ccccc1)C(=O)n1cnc(-c2ccc(OCc3ccccc3)cc2)c1. The molecule has 5 nitrogen and oxygen atoms in total. The van der Waals surface area contributed by atoms with Gasteiger partial charge in [-0.15, -0.1) is 0 Å². The molecule has 0 bridgehead atoms. The molecule has 1 heterocycles. The lowest BCUT2D eigenvalue weighted by Crippen LogP contribution is -2.31. The quantitative estimate of drug-likeness (QED) is 0.298. The van der Waals surface area contributed by atoms with Gasteiger partial charge in [0, 0.05) is 25.4 Å². The minimum absolute atomic E-state index is 0.0729. The Kier molecular flexibility index (Phi) is 7.54. The van der Waals surface area contributed by atoms with Crippen molar-refractivity contribution in [1.82, 2.24) is 14.5 Å². The van der Waals surface area contributed by atoms with Crippen LogP contribution < -0.4 is 4.74 Å². The fraction of sp³-hybridized carbons (Fsp3) is 0.214. The van der Waals surface area contributed by atoms with E-state index in [1.165, 1.54) is 5.56 Å². The van der Waals surface area contributed by atoms with Gasteiger partial charge in [-0.1, -0.05) is 60.7 Å². The van der Waals surface area contributed by atoms with Crippen molar-refractivity contribution in [1.29, 1.82) is 0 Å². The molecule has 0 atom stereocenters. The van der Waals surface area contributed by atoms with Crippen molar-refractivity contribution in [2.75, 3.05) is 13.6 Å². The Bertz CT molecular complexity index is 1140. The number of ether oxygens (including phenoxy) is 1. The Morgan fingerprint density at radius 2 is 1.55 bits per heavy atom. The molecule has 0 radical (unpaired) electrons. The predicted molar refractivity (Wildman–Crippen MR) is 131 cm³/mol. The Balaban J connectivity index is 1.27. The summed E-state index contributed by atoms with van der Waals surface area (Å²) in [4.78, 5) is 18.9. The highest BCUT2D eigenvalue weighted by atomic mass is 16.5. The van der Waals surface area contributed by atoms with E-state index < -0.39 is 0 Å². The summed E-state index contributed by atoms with van der Waals surface area (Å²) in [7, 11) is 1.84. The number of aryl methyl sites for hydroxylation is 1. The smallest absolute Gasteiger partial charge is 0.329 e. The van der Waals surface area contributed by atoms with Crippen LogP contribution in [0.5, 0.6) is 5.75 Å². The Morgan fingerprint density at radius 3 is 2.24 bits per heavy atom. The summed E-state index contributed by atoms with van der Waals surface area (Å²) in [5, 5.41) is 0. The summed E-state index contributed by atoms with van der Waals surface area (Å²) in [5.74, 6) is 0.799. The molecule has 5 heteroatoms. The van der Waals surface area contributed by atoms with Crippen molar-refractivity contribution in [3.8, 4) is 17.0 Å². The van der Waals surface area contributed by atoms with E-state index in [9.17, 15) is 4.79 Å². The molecule has 3 aromatic carbocycles. The normalized spacial score (nSPS) is 10.7. The predicted octanol–water partition coefficient (Wildman–Crippen LogP) is 6.05. The molecule has 0 saturated heterocycles. The van der Waals surface area contributed by atoms with Crippen molar-refractivity contribution >= 4 is 6.03 Å². The van der Waals surface area contributed by atoms with Gasteiger partial charge in [-0.05, 0) is 54.7 Å². The number of carbonyl (C=O) groups excluding carboxylic acids is 1. The molecule has 0 spiro atoms. The molecule has 1 aromatic heterocycles. The second-order valence-electron chi connectivity index (χ2n) is 8.11. The maximum absolute atomic E-state index is 12.8. The van der Waals surface area contributed by atoms with E-state index in [0.717, 1.165) is 41.8 Å². The van der Waals surface area contributed by atoms with Crippen molar-refractivity contribution in [3.63, 3.8) is 0 Å². The highest BCUT2D eigenvalue weighted by Crippen LogP contribution is 2.22. The van der Waals surface area contributed by atoms with Crippen molar-refractivity contribution < 1.29 is 9.53 Å². The van der Waals surface area contributed by atoms with Gasteiger partial charge in [0.2, 0.25) is 0 Å². The van der Waals surface area contributed by atoms with Gasteiger partial charge in [0.1, 0.15) is 18.7 Å². The summed E-state index contributed by atoms with van der Waals surface area (Å²) >= 11 is 0. The van der Waals surface area contributed by atoms with E-state index in [1.54, 1.807) is 22.0 Å². The Hall–Kier alpha value is -3.86. The van der Waals surface area contributed by atoms with Crippen LogP contribution in [-0.2, 0) is 13.0 Å².